The Bertz CT molecular complexity index is 1260. The van der Waals surface area contributed by atoms with E-state index < -0.39 is 0 Å². The van der Waals surface area contributed by atoms with Gasteiger partial charge in [-0.15, -0.1) is 0 Å². The van der Waals surface area contributed by atoms with Crippen molar-refractivity contribution in [1.82, 2.24) is 15.1 Å². The number of nitrogens with zero attached hydrogens (tertiary/aromatic N) is 3. The summed E-state index contributed by atoms with van der Waals surface area (Å²) in [6.07, 6.45) is 11.4. The highest BCUT2D eigenvalue weighted by Gasteiger charge is 2.53. The molecular weight excluding hydrogens is 432 g/mol. The molecule has 0 unspecified atom stereocenters. The highest BCUT2D eigenvalue weighted by atomic mass is 16.1. The summed E-state index contributed by atoms with van der Waals surface area (Å²) in [5, 5.41) is 17.9. The number of hydrogen-bond donors (Lipinski definition) is 1. The number of aromatic nitrogens is 2. The largest absolute Gasteiger partial charge is 0.347 e. The number of hydrogen-bond acceptors (Lipinski definition) is 3. The van der Waals surface area contributed by atoms with Crippen LogP contribution >= 0.6 is 0 Å². The average Bonchev–Trinajstić information content (AvgIpc) is 3.31. The number of carbonyl (C=O) groups is 1. The summed E-state index contributed by atoms with van der Waals surface area (Å²) in [7, 11) is 0. The Morgan fingerprint density at radius 1 is 1.00 bits per heavy atom. The van der Waals surface area contributed by atoms with E-state index in [4.69, 9.17) is 5.10 Å². The van der Waals surface area contributed by atoms with Crippen molar-refractivity contribution in [2.24, 2.45) is 17.8 Å². The van der Waals surface area contributed by atoms with Crippen LogP contribution in [0.2, 0.25) is 0 Å². The van der Waals surface area contributed by atoms with Gasteiger partial charge in [0.15, 0.2) is 0 Å². The van der Waals surface area contributed by atoms with E-state index in [2.05, 4.69) is 11.4 Å². The first kappa shape index (κ1) is 21.9. The minimum atomic E-state index is -0.347. The maximum absolute atomic E-state index is 13.0. The van der Waals surface area contributed by atoms with E-state index in [0.717, 1.165) is 40.3 Å². The van der Waals surface area contributed by atoms with Crippen LogP contribution in [0.5, 0.6) is 0 Å². The maximum Gasteiger partial charge on any atom is 0.262 e. The van der Waals surface area contributed by atoms with Crippen LogP contribution in [-0.2, 0) is 16.8 Å². The van der Waals surface area contributed by atoms with Gasteiger partial charge >= 0.3 is 0 Å². The first-order chi connectivity index (χ1) is 17.1. The fourth-order valence-corrected chi connectivity index (χ4v) is 7.20. The van der Waals surface area contributed by atoms with Gasteiger partial charge in [0, 0.05) is 23.7 Å². The molecule has 4 bridgehead atoms. The van der Waals surface area contributed by atoms with Gasteiger partial charge in [-0.1, -0.05) is 48.5 Å². The number of nitrogens with one attached hydrogen (secondary N) is 1. The Labute approximate surface area is 206 Å². The first-order valence-corrected chi connectivity index (χ1v) is 12.7. The van der Waals surface area contributed by atoms with Gasteiger partial charge in [0.1, 0.15) is 11.6 Å². The summed E-state index contributed by atoms with van der Waals surface area (Å²) in [6.45, 7) is 0.393. The third-order valence-electron chi connectivity index (χ3n) is 8.26. The molecule has 0 atom stereocenters. The standard InChI is InChI=1S/C30H30N4O/c31-18-25(29(35)32-19-21-7-3-1-4-8-21)14-26-20-34(27-9-5-2-6-10-27)33-28(26)30-15-22-11-23(16-30)13-24(12-22)17-30/h1-10,14,20,22-24H,11-13,15-17,19H2,(H,32,35)/b25-14-. The van der Waals surface area contributed by atoms with Crippen molar-refractivity contribution in [3.63, 3.8) is 0 Å². The molecule has 4 aliphatic carbocycles. The molecule has 0 radical (unpaired) electrons. The summed E-state index contributed by atoms with van der Waals surface area (Å²) in [5.74, 6) is 2.00. The van der Waals surface area contributed by atoms with Gasteiger partial charge < -0.3 is 5.32 Å². The van der Waals surface area contributed by atoms with Gasteiger partial charge in [-0.25, -0.2) is 4.68 Å². The van der Waals surface area contributed by atoms with Crippen LogP contribution in [0.25, 0.3) is 11.8 Å². The van der Waals surface area contributed by atoms with E-state index in [0.29, 0.717) is 6.54 Å². The van der Waals surface area contributed by atoms with E-state index in [1.165, 1.54) is 38.5 Å². The Kier molecular flexibility index (Phi) is 5.53. The summed E-state index contributed by atoms with van der Waals surface area (Å²) in [4.78, 5) is 13.0. The number of amides is 1. The fraction of sp³-hybridized carbons (Fsp3) is 0.367. The highest BCUT2D eigenvalue weighted by Crippen LogP contribution is 2.61. The lowest BCUT2D eigenvalue weighted by atomic mass is 9.48. The number of rotatable bonds is 6. The first-order valence-electron chi connectivity index (χ1n) is 12.7. The zero-order valence-corrected chi connectivity index (χ0v) is 19.9. The normalized spacial score (nSPS) is 26.9. The van der Waals surface area contributed by atoms with Crippen molar-refractivity contribution in [3.8, 4) is 11.8 Å². The number of benzene rings is 2. The van der Waals surface area contributed by atoms with Crippen LogP contribution in [-0.4, -0.2) is 15.7 Å². The van der Waals surface area contributed by atoms with Gasteiger partial charge in [-0.2, -0.15) is 10.4 Å². The molecule has 1 N–H and O–H groups in total. The zero-order valence-electron chi connectivity index (χ0n) is 19.9. The molecule has 1 heterocycles. The smallest absolute Gasteiger partial charge is 0.262 e. The minimum Gasteiger partial charge on any atom is -0.347 e. The maximum atomic E-state index is 13.0. The molecule has 0 aliphatic heterocycles. The molecule has 4 aliphatic rings. The van der Waals surface area contributed by atoms with Crippen molar-refractivity contribution in [1.29, 1.82) is 5.26 Å². The van der Waals surface area contributed by atoms with Crippen LogP contribution in [0.15, 0.2) is 72.4 Å². The average molecular weight is 463 g/mol. The van der Waals surface area contributed by atoms with Gasteiger partial charge in [-0.05, 0) is 80.1 Å². The molecule has 2 aromatic carbocycles. The molecule has 35 heavy (non-hydrogen) atoms. The second kappa shape index (κ2) is 8.85. The molecule has 3 aromatic rings. The number of carbonyl (C=O) groups excluding carboxylic acids is 1. The zero-order chi connectivity index (χ0) is 23.8. The Hall–Kier alpha value is -3.65. The molecule has 4 saturated carbocycles. The molecule has 0 saturated heterocycles. The van der Waals surface area contributed by atoms with E-state index in [9.17, 15) is 10.1 Å². The molecular formula is C30H30N4O. The van der Waals surface area contributed by atoms with Crippen LogP contribution in [0.4, 0.5) is 0 Å². The van der Waals surface area contributed by atoms with Crippen molar-refractivity contribution in [2.75, 3.05) is 0 Å². The predicted octanol–water partition coefficient (Wildman–Crippen LogP) is 5.56. The summed E-state index contributed by atoms with van der Waals surface area (Å²) in [5.41, 5.74) is 4.15. The molecule has 4 fully saturated rings. The van der Waals surface area contributed by atoms with Crippen molar-refractivity contribution in [3.05, 3.63) is 89.3 Å². The summed E-state index contributed by atoms with van der Waals surface area (Å²) in [6, 6.07) is 22.0. The van der Waals surface area contributed by atoms with E-state index in [1.807, 2.05) is 71.5 Å². The highest BCUT2D eigenvalue weighted by molar-refractivity contribution is 6.01. The van der Waals surface area contributed by atoms with E-state index in [1.54, 1.807) is 6.08 Å². The topological polar surface area (TPSA) is 70.7 Å². The molecule has 1 aromatic heterocycles. The Morgan fingerprint density at radius 2 is 1.60 bits per heavy atom. The summed E-state index contributed by atoms with van der Waals surface area (Å²) < 4.78 is 1.93. The second-order valence-electron chi connectivity index (χ2n) is 10.7. The van der Waals surface area contributed by atoms with Crippen LogP contribution in [0, 0.1) is 29.1 Å². The fourth-order valence-electron chi connectivity index (χ4n) is 7.20. The van der Waals surface area contributed by atoms with Crippen molar-refractivity contribution >= 4 is 12.0 Å². The molecule has 176 valence electrons. The van der Waals surface area contributed by atoms with E-state index in [-0.39, 0.29) is 16.9 Å². The monoisotopic (exact) mass is 462 g/mol. The molecule has 1 amide bonds. The van der Waals surface area contributed by atoms with Crippen molar-refractivity contribution in [2.45, 2.75) is 50.5 Å². The molecule has 0 spiro atoms. The predicted molar refractivity (Wildman–Crippen MR) is 135 cm³/mol. The quantitative estimate of drug-likeness (QED) is 0.385. The lowest BCUT2D eigenvalue weighted by Crippen LogP contribution is -2.49. The van der Waals surface area contributed by atoms with Crippen LogP contribution in [0.1, 0.15) is 55.3 Å². The van der Waals surface area contributed by atoms with Crippen LogP contribution < -0.4 is 5.32 Å². The molecule has 5 heteroatoms. The molecule has 7 rings (SSSR count). The third kappa shape index (κ3) is 4.18. The Morgan fingerprint density at radius 3 is 2.20 bits per heavy atom. The third-order valence-corrected chi connectivity index (χ3v) is 8.26. The van der Waals surface area contributed by atoms with Gasteiger partial charge in [0.25, 0.3) is 5.91 Å². The van der Waals surface area contributed by atoms with Gasteiger partial charge in [0.2, 0.25) is 0 Å². The SMILES string of the molecule is N#C/C(=C/c1cn(-c2ccccc2)nc1C12CC3CC(CC(C3)C1)C2)C(=O)NCc1ccccc1. The lowest BCUT2D eigenvalue weighted by Gasteiger charge is -2.56. The minimum absolute atomic E-state index is 0.0572. The number of para-hydroxylation sites is 1. The lowest BCUT2D eigenvalue weighted by molar-refractivity contribution is -0.117. The second-order valence-corrected chi connectivity index (χ2v) is 10.7. The van der Waals surface area contributed by atoms with E-state index >= 15 is 0 Å². The number of nitriles is 1. The van der Waals surface area contributed by atoms with Crippen LogP contribution in [0.3, 0.4) is 0 Å². The van der Waals surface area contributed by atoms with Gasteiger partial charge in [0.05, 0.1) is 11.4 Å². The summed E-state index contributed by atoms with van der Waals surface area (Å²) >= 11 is 0. The van der Waals surface area contributed by atoms with Gasteiger partial charge in [-0.3, -0.25) is 4.79 Å². The molecule has 5 nitrogen and oxygen atoms in total. The Balaban J connectivity index is 1.36. The van der Waals surface area contributed by atoms with Crippen molar-refractivity contribution < 1.29 is 4.79 Å².